The van der Waals surface area contributed by atoms with Crippen LogP contribution >= 0.6 is 11.8 Å². The maximum atomic E-state index is 12.9. The Balaban J connectivity index is 2.52. The Morgan fingerprint density at radius 1 is 1.47 bits per heavy atom. The summed E-state index contributed by atoms with van der Waals surface area (Å²) >= 11 is 1.82. The Bertz CT molecular complexity index is 307. The van der Waals surface area contributed by atoms with Gasteiger partial charge >= 0.3 is 0 Å². The lowest BCUT2D eigenvalue weighted by atomic mass is 10.2. The molecular formula is C11H16FNOS. The first-order valence-corrected chi connectivity index (χ1v) is 6.23. The lowest BCUT2D eigenvalue weighted by Gasteiger charge is -2.10. The monoisotopic (exact) mass is 229 g/mol. The molecule has 1 rings (SSSR count). The van der Waals surface area contributed by atoms with Gasteiger partial charge in [0, 0.05) is 12.6 Å². The highest BCUT2D eigenvalue weighted by Crippen LogP contribution is 2.24. The van der Waals surface area contributed by atoms with Gasteiger partial charge in [-0.2, -0.15) is 11.8 Å². The summed E-state index contributed by atoms with van der Waals surface area (Å²) in [6.45, 7) is 0.878. The van der Waals surface area contributed by atoms with Gasteiger partial charge < -0.3 is 10.1 Å². The number of hydrogen-bond acceptors (Lipinski definition) is 3. The fraction of sp³-hybridized carbons (Fsp3) is 0.455. The van der Waals surface area contributed by atoms with E-state index in [1.165, 1.54) is 12.1 Å². The van der Waals surface area contributed by atoms with Crippen molar-refractivity contribution in [3.8, 4) is 5.75 Å². The molecule has 0 aliphatic rings. The highest BCUT2D eigenvalue weighted by Gasteiger charge is 2.02. The van der Waals surface area contributed by atoms with Crippen molar-refractivity contribution in [2.24, 2.45) is 0 Å². The van der Waals surface area contributed by atoms with E-state index in [1.54, 1.807) is 13.2 Å². The summed E-state index contributed by atoms with van der Waals surface area (Å²) in [5.74, 6) is 1.40. The number of methoxy groups -OCH3 is 1. The van der Waals surface area contributed by atoms with Crippen molar-refractivity contribution in [1.82, 2.24) is 0 Å². The van der Waals surface area contributed by atoms with Crippen molar-refractivity contribution in [2.45, 2.75) is 6.42 Å². The molecule has 1 aromatic carbocycles. The number of thioether (sulfide) groups is 1. The average Bonchev–Trinajstić information content (AvgIpc) is 2.26. The van der Waals surface area contributed by atoms with Crippen LogP contribution in [0.2, 0.25) is 0 Å². The molecule has 0 radical (unpaired) electrons. The van der Waals surface area contributed by atoms with Gasteiger partial charge in [-0.25, -0.2) is 4.39 Å². The topological polar surface area (TPSA) is 21.3 Å². The second-order valence-electron chi connectivity index (χ2n) is 3.12. The van der Waals surface area contributed by atoms with E-state index < -0.39 is 0 Å². The van der Waals surface area contributed by atoms with Gasteiger partial charge in [-0.05, 0) is 30.6 Å². The SMILES string of the molecule is COc1cc(F)ccc1NCCCSC. The number of anilines is 1. The molecule has 0 saturated heterocycles. The van der Waals surface area contributed by atoms with Gasteiger partial charge in [0.15, 0.2) is 0 Å². The Kier molecular flexibility index (Phi) is 5.32. The lowest BCUT2D eigenvalue weighted by Crippen LogP contribution is -2.04. The average molecular weight is 229 g/mol. The molecule has 0 amide bonds. The van der Waals surface area contributed by atoms with Crippen LogP contribution in [0.5, 0.6) is 5.75 Å². The van der Waals surface area contributed by atoms with E-state index in [1.807, 2.05) is 11.8 Å². The summed E-state index contributed by atoms with van der Waals surface area (Å²) in [6.07, 6.45) is 3.17. The minimum Gasteiger partial charge on any atom is -0.494 e. The van der Waals surface area contributed by atoms with Crippen LogP contribution in [-0.4, -0.2) is 25.7 Å². The number of halogens is 1. The standard InChI is InChI=1S/C11H16FNOS/c1-14-11-8-9(12)4-5-10(11)13-6-3-7-15-2/h4-5,8,13H,3,6-7H2,1-2H3. The molecule has 0 bridgehead atoms. The molecule has 0 aliphatic carbocycles. The normalized spacial score (nSPS) is 10.1. The molecule has 2 nitrogen and oxygen atoms in total. The van der Waals surface area contributed by atoms with Crippen LogP contribution in [0.4, 0.5) is 10.1 Å². The number of rotatable bonds is 6. The van der Waals surface area contributed by atoms with Crippen LogP contribution in [-0.2, 0) is 0 Å². The number of nitrogens with one attached hydrogen (secondary N) is 1. The van der Waals surface area contributed by atoms with E-state index in [4.69, 9.17) is 4.74 Å². The first-order valence-electron chi connectivity index (χ1n) is 4.84. The van der Waals surface area contributed by atoms with Crippen molar-refractivity contribution in [3.63, 3.8) is 0 Å². The highest BCUT2D eigenvalue weighted by molar-refractivity contribution is 7.98. The Hall–Kier alpha value is -0.900. The first kappa shape index (κ1) is 12.2. The molecule has 0 atom stereocenters. The number of benzene rings is 1. The quantitative estimate of drug-likeness (QED) is 0.758. The van der Waals surface area contributed by atoms with E-state index in [2.05, 4.69) is 11.6 Å². The predicted octanol–water partition coefficient (Wildman–Crippen LogP) is 3.00. The van der Waals surface area contributed by atoms with Crippen LogP contribution in [0, 0.1) is 5.82 Å². The molecule has 0 heterocycles. The molecule has 15 heavy (non-hydrogen) atoms. The zero-order valence-electron chi connectivity index (χ0n) is 9.05. The fourth-order valence-corrected chi connectivity index (χ4v) is 1.68. The second-order valence-corrected chi connectivity index (χ2v) is 4.10. The van der Waals surface area contributed by atoms with E-state index in [-0.39, 0.29) is 5.82 Å². The molecule has 0 spiro atoms. The Morgan fingerprint density at radius 2 is 2.27 bits per heavy atom. The molecular weight excluding hydrogens is 213 g/mol. The minimum absolute atomic E-state index is 0.276. The maximum Gasteiger partial charge on any atom is 0.144 e. The molecule has 84 valence electrons. The van der Waals surface area contributed by atoms with E-state index in [0.29, 0.717) is 5.75 Å². The highest BCUT2D eigenvalue weighted by atomic mass is 32.2. The van der Waals surface area contributed by atoms with Crippen molar-refractivity contribution < 1.29 is 9.13 Å². The number of ether oxygens (including phenoxy) is 1. The summed E-state index contributed by atoms with van der Waals surface area (Å²) in [7, 11) is 1.54. The molecule has 1 aromatic rings. The maximum absolute atomic E-state index is 12.9. The Morgan fingerprint density at radius 3 is 2.93 bits per heavy atom. The van der Waals surface area contributed by atoms with E-state index in [9.17, 15) is 4.39 Å². The summed E-state index contributed by atoms with van der Waals surface area (Å²) in [5, 5.41) is 3.22. The zero-order valence-corrected chi connectivity index (χ0v) is 9.86. The molecule has 4 heteroatoms. The predicted molar refractivity (Wildman–Crippen MR) is 64.4 cm³/mol. The minimum atomic E-state index is -0.276. The summed E-state index contributed by atoms with van der Waals surface area (Å²) in [6, 6.07) is 4.52. The Labute approximate surface area is 94.2 Å². The van der Waals surface area contributed by atoms with Gasteiger partial charge in [0.25, 0.3) is 0 Å². The largest absolute Gasteiger partial charge is 0.494 e. The van der Waals surface area contributed by atoms with Gasteiger partial charge in [0.1, 0.15) is 11.6 Å². The third-order valence-corrected chi connectivity index (χ3v) is 2.70. The zero-order chi connectivity index (χ0) is 11.1. The third kappa shape index (κ3) is 4.00. The van der Waals surface area contributed by atoms with Crippen LogP contribution in [0.3, 0.4) is 0 Å². The van der Waals surface area contributed by atoms with Crippen LogP contribution < -0.4 is 10.1 Å². The lowest BCUT2D eigenvalue weighted by molar-refractivity contribution is 0.413. The van der Waals surface area contributed by atoms with Crippen LogP contribution in [0.1, 0.15) is 6.42 Å². The number of hydrogen-bond donors (Lipinski definition) is 1. The molecule has 0 aliphatic heterocycles. The first-order chi connectivity index (χ1) is 7.27. The molecule has 0 fully saturated rings. The fourth-order valence-electron chi connectivity index (χ4n) is 1.25. The van der Waals surface area contributed by atoms with Gasteiger partial charge in [0.2, 0.25) is 0 Å². The van der Waals surface area contributed by atoms with Gasteiger partial charge in [-0.15, -0.1) is 0 Å². The smallest absolute Gasteiger partial charge is 0.144 e. The molecule has 1 N–H and O–H groups in total. The summed E-state index contributed by atoms with van der Waals surface area (Å²) in [4.78, 5) is 0. The van der Waals surface area contributed by atoms with Crippen LogP contribution in [0.15, 0.2) is 18.2 Å². The van der Waals surface area contributed by atoms with Gasteiger partial charge in [-0.3, -0.25) is 0 Å². The molecule has 0 saturated carbocycles. The van der Waals surface area contributed by atoms with Crippen molar-refractivity contribution in [1.29, 1.82) is 0 Å². The van der Waals surface area contributed by atoms with E-state index >= 15 is 0 Å². The van der Waals surface area contributed by atoms with E-state index in [0.717, 1.165) is 24.4 Å². The second kappa shape index (κ2) is 6.56. The van der Waals surface area contributed by atoms with Crippen molar-refractivity contribution in [2.75, 3.05) is 31.0 Å². The summed E-state index contributed by atoms with van der Waals surface area (Å²) < 4.78 is 17.9. The third-order valence-electron chi connectivity index (χ3n) is 2.00. The van der Waals surface area contributed by atoms with Gasteiger partial charge in [0.05, 0.1) is 12.8 Å². The van der Waals surface area contributed by atoms with Crippen molar-refractivity contribution >= 4 is 17.4 Å². The molecule has 0 unspecified atom stereocenters. The summed E-state index contributed by atoms with van der Waals surface area (Å²) in [5.41, 5.74) is 0.847. The van der Waals surface area contributed by atoms with Crippen molar-refractivity contribution in [3.05, 3.63) is 24.0 Å². The van der Waals surface area contributed by atoms with Gasteiger partial charge in [-0.1, -0.05) is 0 Å². The molecule has 0 aromatic heterocycles. The van der Waals surface area contributed by atoms with Crippen LogP contribution in [0.25, 0.3) is 0 Å².